The molecule has 0 saturated carbocycles. The second-order valence-electron chi connectivity index (χ2n) is 5.64. The number of nitrogens with zero attached hydrogens (tertiary/aromatic N) is 2. The molecule has 0 fully saturated rings. The van der Waals surface area contributed by atoms with Gasteiger partial charge in [-0.15, -0.1) is 0 Å². The Morgan fingerprint density at radius 1 is 1.35 bits per heavy atom. The zero-order chi connectivity index (χ0) is 12.2. The highest BCUT2D eigenvalue weighted by atomic mass is 16.1. The molecule has 1 N–H and O–H groups in total. The average molecular weight is 229 g/mol. The third kappa shape index (κ3) is 1.55. The van der Waals surface area contributed by atoms with E-state index in [1.54, 1.807) is 0 Å². The quantitative estimate of drug-likeness (QED) is 0.754. The Labute approximate surface area is 99.4 Å². The van der Waals surface area contributed by atoms with Gasteiger partial charge in [0.05, 0.1) is 5.69 Å². The van der Waals surface area contributed by atoms with E-state index in [9.17, 15) is 4.79 Å². The summed E-state index contributed by atoms with van der Waals surface area (Å²) in [5.41, 5.74) is 3.36. The Kier molecular flexibility index (Phi) is 1.94. The molecule has 0 amide bonds. The minimum Gasteiger partial charge on any atom is -0.294 e. The lowest BCUT2D eigenvalue weighted by Gasteiger charge is -2.29. The van der Waals surface area contributed by atoms with Crippen LogP contribution in [0.2, 0.25) is 0 Å². The maximum atomic E-state index is 12.1. The van der Waals surface area contributed by atoms with E-state index in [4.69, 9.17) is 0 Å². The van der Waals surface area contributed by atoms with Crippen LogP contribution in [-0.2, 0) is 6.42 Å². The fraction of sp³-hybridized carbons (Fsp3) is 0.462. The van der Waals surface area contributed by atoms with Crippen molar-refractivity contribution in [1.29, 1.82) is 0 Å². The van der Waals surface area contributed by atoms with Crippen LogP contribution in [0.5, 0.6) is 0 Å². The zero-order valence-corrected chi connectivity index (χ0v) is 10.3. The van der Waals surface area contributed by atoms with Crippen molar-refractivity contribution in [3.63, 3.8) is 0 Å². The average Bonchev–Trinajstić information content (AvgIpc) is 2.56. The summed E-state index contributed by atoms with van der Waals surface area (Å²) in [6, 6.07) is 1.94. The number of H-pyrrole nitrogens is 1. The van der Waals surface area contributed by atoms with Crippen LogP contribution in [0.15, 0.2) is 6.07 Å². The number of fused-ring (bicyclic) bond motifs is 2. The van der Waals surface area contributed by atoms with Gasteiger partial charge in [-0.1, -0.05) is 13.8 Å². The molecule has 0 radical (unpaired) electrons. The van der Waals surface area contributed by atoms with E-state index in [2.05, 4.69) is 29.0 Å². The molecule has 0 saturated heterocycles. The van der Waals surface area contributed by atoms with Crippen molar-refractivity contribution in [1.82, 2.24) is 15.2 Å². The predicted molar refractivity (Wildman–Crippen MR) is 65.1 cm³/mol. The SMILES string of the molecule is Cc1[nH]nc2nc3c(cc12)C(=O)CC(C)(C)C3. The summed E-state index contributed by atoms with van der Waals surface area (Å²) in [4.78, 5) is 16.6. The molecule has 88 valence electrons. The summed E-state index contributed by atoms with van der Waals surface area (Å²) >= 11 is 0. The Bertz CT molecular complexity index is 625. The lowest BCUT2D eigenvalue weighted by atomic mass is 9.75. The lowest BCUT2D eigenvalue weighted by Crippen LogP contribution is -2.27. The first kappa shape index (κ1) is 10.4. The number of nitrogens with one attached hydrogen (secondary N) is 1. The molecule has 4 nitrogen and oxygen atoms in total. The number of carbonyl (C=O) groups excluding carboxylic acids is 1. The largest absolute Gasteiger partial charge is 0.294 e. The number of ketones is 1. The highest BCUT2D eigenvalue weighted by Gasteiger charge is 2.32. The van der Waals surface area contributed by atoms with E-state index in [1.807, 2.05) is 13.0 Å². The van der Waals surface area contributed by atoms with Gasteiger partial charge in [0, 0.05) is 23.1 Å². The van der Waals surface area contributed by atoms with Crippen LogP contribution < -0.4 is 0 Å². The second kappa shape index (κ2) is 3.15. The molecule has 0 bridgehead atoms. The molecule has 2 aromatic heterocycles. The van der Waals surface area contributed by atoms with E-state index in [1.165, 1.54) is 0 Å². The number of hydrogen-bond acceptors (Lipinski definition) is 3. The monoisotopic (exact) mass is 229 g/mol. The first-order valence-corrected chi connectivity index (χ1v) is 5.84. The number of pyridine rings is 1. The molecule has 17 heavy (non-hydrogen) atoms. The molecule has 4 heteroatoms. The van der Waals surface area contributed by atoms with E-state index >= 15 is 0 Å². The highest BCUT2D eigenvalue weighted by Crippen LogP contribution is 2.35. The third-order valence-corrected chi connectivity index (χ3v) is 3.40. The number of hydrogen-bond donors (Lipinski definition) is 1. The Balaban J connectivity index is 2.26. The number of rotatable bonds is 0. The van der Waals surface area contributed by atoms with Gasteiger partial charge in [-0.3, -0.25) is 9.89 Å². The zero-order valence-electron chi connectivity index (χ0n) is 10.3. The molecule has 0 atom stereocenters. The fourth-order valence-corrected chi connectivity index (χ4v) is 2.52. The van der Waals surface area contributed by atoms with Gasteiger partial charge >= 0.3 is 0 Å². The van der Waals surface area contributed by atoms with Crippen LogP contribution in [0.1, 0.15) is 42.0 Å². The molecule has 1 aliphatic carbocycles. The highest BCUT2D eigenvalue weighted by molar-refractivity contribution is 6.01. The van der Waals surface area contributed by atoms with Crippen molar-refractivity contribution in [3.05, 3.63) is 23.0 Å². The molecule has 0 unspecified atom stereocenters. The molecule has 2 heterocycles. The molecule has 3 rings (SSSR count). The van der Waals surface area contributed by atoms with E-state index in [0.29, 0.717) is 12.1 Å². The predicted octanol–water partition coefficient (Wildman–Crippen LogP) is 2.42. The van der Waals surface area contributed by atoms with Crippen molar-refractivity contribution in [3.8, 4) is 0 Å². The van der Waals surface area contributed by atoms with Crippen molar-refractivity contribution in [2.75, 3.05) is 0 Å². The van der Waals surface area contributed by atoms with Crippen molar-refractivity contribution >= 4 is 16.8 Å². The Morgan fingerprint density at radius 3 is 2.88 bits per heavy atom. The minimum absolute atomic E-state index is 0.0100. The standard InChI is InChI=1S/C13H15N3O/c1-7-8-4-9-10(14-12(8)16-15-7)5-13(2,3)6-11(9)17/h4H,5-6H2,1-3H3,(H,14,15,16). The first-order valence-electron chi connectivity index (χ1n) is 5.84. The van der Waals surface area contributed by atoms with Crippen molar-refractivity contribution in [2.24, 2.45) is 5.41 Å². The molecule has 0 aromatic carbocycles. The van der Waals surface area contributed by atoms with E-state index < -0.39 is 0 Å². The van der Waals surface area contributed by atoms with Gasteiger partial charge in [-0.25, -0.2) is 4.98 Å². The van der Waals surface area contributed by atoms with Crippen molar-refractivity contribution < 1.29 is 4.79 Å². The van der Waals surface area contributed by atoms with Crippen LogP contribution >= 0.6 is 0 Å². The number of aromatic amines is 1. The Morgan fingerprint density at radius 2 is 2.12 bits per heavy atom. The molecule has 2 aromatic rings. The lowest BCUT2D eigenvalue weighted by molar-refractivity contribution is 0.0910. The summed E-state index contributed by atoms with van der Waals surface area (Å²) in [6.45, 7) is 6.16. The molecular formula is C13H15N3O. The van der Waals surface area contributed by atoms with Crippen LogP contribution in [0.3, 0.4) is 0 Å². The second-order valence-corrected chi connectivity index (χ2v) is 5.64. The Hall–Kier alpha value is -1.71. The maximum Gasteiger partial charge on any atom is 0.181 e. The summed E-state index contributed by atoms with van der Waals surface area (Å²) in [5.74, 6) is 0.200. The van der Waals surface area contributed by atoms with Gasteiger partial charge in [-0.2, -0.15) is 5.10 Å². The number of Topliss-reactive ketones (excluding diaryl/α,β-unsaturated/α-hetero) is 1. The molecule has 1 aliphatic rings. The first-order chi connectivity index (χ1) is 7.96. The third-order valence-electron chi connectivity index (χ3n) is 3.40. The topological polar surface area (TPSA) is 58.6 Å². The minimum atomic E-state index is 0.0100. The molecule has 0 spiro atoms. The summed E-state index contributed by atoms with van der Waals surface area (Å²) in [5, 5.41) is 8.02. The molecular weight excluding hydrogens is 214 g/mol. The number of carbonyl (C=O) groups is 1. The maximum absolute atomic E-state index is 12.1. The smallest absolute Gasteiger partial charge is 0.181 e. The van der Waals surface area contributed by atoms with Gasteiger partial charge in [0.15, 0.2) is 11.4 Å². The normalized spacial score (nSPS) is 18.4. The van der Waals surface area contributed by atoms with Gasteiger partial charge < -0.3 is 0 Å². The number of aryl methyl sites for hydroxylation is 1. The summed E-state index contributed by atoms with van der Waals surface area (Å²) in [7, 11) is 0. The summed E-state index contributed by atoms with van der Waals surface area (Å²) in [6.07, 6.45) is 1.44. The van der Waals surface area contributed by atoms with Gasteiger partial charge in [0.2, 0.25) is 0 Å². The van der Waals surface area contributed by atoms with Crippen molar-refractivity contribution in [2.45, 2.75) is 33.6 Å². The van der Waals surface area contributed by atoms with Crippen LogP contribution in [-0.4, -0.2) is 21.0 Å². The fourth-order valence-electron chi connectivity index (χ4n) is 2.52. The van der Waals surface area contributed by atoms with Crippen LogP contribution in [0.4, 0.5) is 0 Å². The molecule has 0 aliphatic heterocycles. The van der Waals surface area contributed by atoms with E-state index in [0.717, 1.165) is 28.8 Å². The van der Waals surface area contributed by atoms with Crippen LogP contribution in [0, 0.1) is 12.3 Å². The van der Waals surface area contributed by atoms with Gasteiger partial charge in [0.1, 0.15) is 0 Å². The van der Waals surface area contributed by atoms with Gasteiger partial charge in [-0.05, 0) is 24.8 Å². The summed E-state index contributed by atoms with van der Waals surface area (Å²) < 4.78 is 0. The van der Waals surface area contributed by atoms with Gasteiger partial charge in [0.25, 0.3) is 0 Å². The van der Waals surface area contributed by atoms with Crippen LogP contribution in [0.25, 0.3) is 11.0 Å². The number of aromatic nitrogens is 3. The van der Waals surface area contributed by atoms with E-state index in [-0.39, 0.29) is 11.2 Å².